The SMILES string of the molecule is Cc1cc(NC(=O)C(Cc2ccc(C(=O)NCCS(=O)(=O)O)cc2)c2ccc(C(C)(C)C)cc2)ccc1-c1ccc(Cl)cc1. The Balaban J connectivity index is 1.55. The summed E-state index contributed by atoms with van der Waals surface area (Å²) in [6.07, 6.45) is 0.396. The molecule has 0 radical (unpaired) electrons. The number of rotatable bonds is 10. The molecule has 0 saturated carbocycles. The maximum absolute atomic E-state index is 13.8. The first kappa shape index (κ1) is 32.9. The molecule has 9 heteroatoms. The summed E-state index contributed by atoms with van der Waals surface area (Å²) in [6.45, 7) is 8.23. The van der Waals surface area contributed by atoms with Crippen LogP contribution in [-0.4, -0.2) is 37.1 Å². The van der Waals surface area contributed by atoms with Gasteiger partial charge in [0.25, 0.3) is 16.0 Å². The monoisotopic (exact) mass is 632 g/mol. The van der Waals surface area contributed by atoms with Gasteiger partial charge in [0.1, 0.15) is 0 Å². The predicted octanol–water partition coefficient (Wildman–Crippen LogP) is 7.20. The van der Waals surface area contributed by atoms with Gasteiger partial charge in [-0.15, -0.1) is 0 Å². The molecule has 4 rings (SSSR count). The molecule has 0 bridgehead atoms. The summed E-state index contributed by atoms with van der Waals surface area (Å²) in [7, 11) is -4.17. The van der Waals surface area contributed by atoms with Crippen molar-refractivity contribution in [1.82, 2.24) is 5.32 Å². The lowest BCUT2D eigenvalue weighted by molar-refractivity contribution is -0.117. The third-order valence-corrected chi connectivity index (χ3v) is 8.42. The van der Waals surface area contributed by atoms with Crippen molar-refractivity contribution < 1.29 is 22.6 Å². The van der Waals surface area contributed by atoms with E-state index in [4.69, 9.17) is 16.2 Å². The van der Waals surface area contributed by atoms with E-state index in [1.165, 1.54) is 0 Å². The van der Waals surface area contributed by atoms with E-state index in [1.807, 2.05) is 61.5 Å². The molecule has 3 N–H and O–H groups in total. The number of carbonyl (C=O) groups excluding carboxylic acids is 2. The van der Waals surface area contributed by atoms with Crippen LogP contribution in [0.2, 0.25) is 5.02 Å². The molecule has 0 aliphatic carbocycles. The minimum absolute atomic E-state index is 0.0303. The highest BCUT2D eigenvalue weighted by atomic mass is 35.5. The second kappa shape index (κ2) is 13.8. The lowest BCUT2D eigenvalue weighted by Crippen LogP contribution is -2.28. The molecule has 230 valence electrons. The van der Waals surface area contributed by atoms with Crippen LogP contribution < -0.4 is 10.6 Å². The van der Waals surface area contributed by atoms with Gasteiger partial charge in [0, 0.05) is 22.8 Å². The molecule has 0 fully saturated rings. The number of aryl methyl sites for hydroxylation is 1. The van der Waals surface area contributed by atoms with Crippen molar-refractivity contribution >= 4 is 39.2 Å². The zero-order valence-corrected chi connectivity index (χ0v) is 26.8. The largest absolute Gasteiger partial charge is 0.351 e. The van der Waals surface area contributed by atoms with Crippen LogP contribution in [0.4, 0.5) is 5.69 Å². The highest BCUT2D eigenvalue weighted by molar-refractivity contribution is 7.85. The maximum Gasteiger partial charge on any atom is 0.266 e. The Kier molecular flexibility index (Phi) is 10.3. The first-order chi connectivity index (χ1) is 20.7. The second-order valence-corrected chi connectivity index (χ2v) is 13.9. The van der Waals surface area contributed by atoms with Gasteiger partial charge in [-0.1, -0.05) is 87.0 Å². The predicted molar refractivity (Wildman–Crippen MR) is 177 cm³/mol. The van der Waals surface area contributed by atoms with Crippen LogP contribution >= 0.6 is 11.6 Å². The Morgan fingerprint density at radius 2 is 1.52 bits per heavy atom. The number of hydrogen-bond donors (Lipinski definition) is 3. The molecule has 1 atom stereocenters. The second-order valence-electron chi connectivity index (χ2n) is 11.9. The zero-order valence-electron chi connectivity index (χ0n) is 25.2. The summed E-state index contributed by atoms with van der Waals surface area (Å²) in [5.74, 6) is -1.68. The molecular weight excluding hydrogens is 596 g/mol. The molecule has 0 aliphatic rings. The summed E-state index contributed by atoms with van der Waals surface area (Å²) in [4.78, 5) is 26.2. The molecular formula is C35H37ClN2O5S. The van der Waals surface area contributed by atoms with Gasteiger partial charge in [-0.2, -0.15) is 8.42 Å². The summed E-state index contributed by atoms with van der Waals surface area (Å²) in [6, 6.07) is 28.4. The smallest absolute Gasteiger partial charge is 0.266 e. The number of benzene rings is 4. The Bertz CT molecular complexity index is 1730. The van der Waals surface area contributed by atoms with Gasteiger partial charge in [0.15, 0.2) is 0 Å². The average Bonchev–Trinajstić information content (AvgIpc) is 2.96. The lowest BCUT2D eigenvalue weighted by Gasteiger charge is -2.22. The highest BCUT2D eigenvalue weighted by Gasteiger charge is 2.23. The molecule has 44 heavy (non-hydrogen) atoms. The van der Waals surface area contributed by atoms with Crippen LogP contribution in [0.15, 0.2) is 91.0 Å². The maximum atomic E-state index is 13.8. The minimum atomic E-state index is -4.17. The Morgan fingerprint density at radius 3 is 2.09 bits per heavy atom. The Morgan fingerprint density at radius 1 is 0.886 bits per heavy atom. The van der Waals surface area contributed by atoms with Crippen molar-refractivity contribution in [3.05, 3.63) is 124 Å². The van der Waals surface area contributed by atoms with Crippen molar-refractivity contribution in [2.45, 2.75) is 45.4 Å². The molecule has 4 aromatic rings. The number of amides is 2. The van der Waals surface area contributed by atoms with E-state index in [2.05, 4.69) is 43.5 Å². The van der Waals surface area contributed by atoms with E-state index in [0.717, 1.165) is 33.4 Å². The first-order valence-corrected chi connectivity index (χ1v) is 16.3. The number of hydrogen-bond acceptors (Lipinski definition) is 4. The number of nitrogens with one attached hydrogen (secondary N) is 2. The summed E-state index contributed by atoms with van der Waals surface area (Å²) >= 11 is 6.05. The van der Waals surface area contributed by atoms with Gasteiger partial charge in [-0.05, 0) is 88.5 Å². The van der Waals surface area contributed by atoms with Crippen LogP contribution in [0, 0.1) is 6.92 Å². The molecule has 0 aliphatic heterocycles. The van der Waals surface area contributed by atoms with Gasteiger partial charge in [-0.3, -0.25) is 14.1 Å². The van der Waals surface area contributed by atoms with Gasteiger partial charge < -0.3 is 10.6 Å². The standard InChI is InChI=1S/C35H37ClN2O5S/c1-23-21-30(17-18-31(23)25-11-15-29(36)16-12-25)38-34(40)32(26-9-13-28(14-10-26)35(2,3)4)22-24-5-7-27(8-6-24)33(39)37-19-20-44(41,42)43/h5-18,21,32H,19-20,22H2,1-4H3,(H,37,39)(H,38,40)(H,41,42,43). The molecule has 1 unspecified atom stereocenters. The molecule has 0 saturated heterocycles. The van der Waals surface area contributed by atoms with E-state index >= 15 is 0 Å². The van der Waals surface area contributed by atoms with E-state index in [1.54, 1.807) is 24.3 Å². The summed E-state index contributed by atoms with van der Waals surface area (Å²) < 4.78 is 30.7. The van der Waals surface area contributed by atoms with E-state index in [9.17, 15) is 18.0 Å². The molecule has 0 heterocycles. The topological polar surface area (TPSA) is 113 Å². The summed E-state index contributed by atoms with van der Waals surface area (Å²) in [5.41, 5.74) is 7.01. The van der Waals surface area contributed by atoms with Crippen molar-refractivity contribution in [3.63, 3.8) is 0 Å². The minimum Gasteiger partial charge on any atom is -0.351 e. The highest BCUT2D eigenvalue weighted by Crippen LogP contribution is 2.30. The number of anilines is 1. The fourth-order valence-corrected chi connectivity index (χ4v) is 5.41. The fourth-order valence-electron chi connectivity index (χ4n) is 4.93. The summed E-state index contributed by atoms with van der Waals surface area (Å²) in [5, 5.41) is 6.25. The number of carbonyl (C=O) groups is 2. The van der Waals surface area contributed by atoms with E-state index < -0.39 is 27.7 Å². The quantitative estimate of drug-likeness (QED) is 0.160. The van der Waals surface area contributed by atoms with Crippen LogP contribution in [-0.2, 0) is 26.7 Å². The van der Waals surface area contributed by atoms with E-state index in [0.29, 0.717) is 22.7 Å². The van der Waals surface area contributed by atoms with Crippen molar-refractivity contribution in [2.24, 2.45) is 0 Å². The Labute approximate surface area is 264 Å². The van der Waals surface area contributed by atoms with Crippen LogP contribution in [0.1, 0.15) is 59.3 Å². The van der Waals surface area contributed by atoms with Crippen molar-refractivity contribution in [1.29, 1.82) is 0 Å². The molecule has 7 nitrogen and oxygen atoms in total. The van der Waals surface area contributed by atoms with Gasteiger partial charge in [0.05, 0.1) is 11.7 Å². The van der Waals surface area contributed by atoms with Crippen molar-refractivity contribution in [3.8, 4) is 11.1 Å². The van der Waals surface area contributed by atoms with E-state index in [-0.39, 0.29) is 17.9 Å². The van der Waals surface area contributed by atoms with Crippen LogP contribution in [0.5, 0.6) is 0 Å². The third kappa shape index (κ3) is 9.02. The molecule has 0 spiro atoms. The lowest BCUT2D eigenvalue weighted by atomic mass is 9.84. The van der Waals surface area contributed by atoms with Crippen LogP contribution in [0.25, 0.3) is 11.1 Å². The van der Waals surface area contributed by atoms with Gasteiger partial charge in [-0.25, -0.2) is 0 Å². The molecule has 4 aromatic carbocycles. The average molecular weight is 633 g/mol. The van der Waals surface area contributed by atoms with Gasteiger partial charge >= 0.3 is 0 Å². The third-order valence-electron chi connectivity index (χ3n) is 7.45. The molecule has 0 aromatic heterocycles. The zero-order chi connectivity index (χ0) is 32.1. The van der Waals surface area contributed by atoms with Gasteiger partial charge in [0.2, 0.25) is 5.91 Å². The van der Waals surface area contributed by atoms with Crippen molar-refractivity contribution in [2.75, 3.05) is 17.6 Å². The van der Waals surface area contributed by atoms with Crippen LogP contribution in [0.3, 0.4) is 0 Å². The fraction of sp³-hybridized carbons (Fsp3) is 0.257. The normalized spacial score (nSPS) is 12.4. The number of halogens is 1. The molecule has 2 amide bonds. The Hall–Kier alpha value is -3.98. The first-order valence-electron chi connectivity index (χ1n) is 14.3.